The summed E-state index contributed by atoms with van der Waals surface area (Å²) >= 11 is 0. The zero-order valence-electron chi connectivity index (χ0n) is 17.5. The normalized spacial score (nSPS) is 21.8. The lowest BCUT2D eigenvalue weighted by molar-refractivity contribution is -0.181. The molecule has 0 unspecified atom stereocenters. The lowest BCUT2D eigenvalue weighted by Crippen LogP contribution is -2.41. The van der Waals surface area contributed by atoms with Crippen LogP contribution in [0.2, 0.25) is 0 Å². The second-order valence-corrected chi connectivity index (χ2v) is 7.94. The van der Waals surface area contributed by atoms with Gasteiger partial charge in [-0.15, -0.1) is 0 Å². The van der Waals surface area contributed by atoms with Gasteiger partial charge in [-0.25, -0.2) is 4.79 Å². The average molecular weight is 407 g/mol. The number of esters is 2. The maximum Gasteiger partial charge on any atom is 0.412 e. The predicted octanol–water partition coefficient (Wildman–Crippen LogP) is 3.75. The molecule has 1 saturated heterocycles. The molecule has 0 aliphatic carbocycles. The summed E-state index contributed by atoms with van der Waals surface area (Å²) in [5.41, 5.74) is 0.942. The van der Waals surface area contributed by atoms with Gasteiger partial charge in [-0.2, -0.15) is 0 Å². The van der Waals surface area contributed by atoms with Crippen LogP contribution in [0, 0.1) is 0 Å². The van der Waals surface area contributed by atoms with E-state index in [1.807, 2.05) is 12.1 Å². The fourth-order valence-electron chi connectivity index (χ4n) is 3.01. The summed E-state index contributed by atoms with van der Waals surface area (Å²) in [6.07, 6.45) is -0.526. The largest absolute Gasteiger partial charge is 0.463 e. The van der Waals surface area contributed by atoms with Gasteiger partial charge in [0.25, 0.3) is 0 Å². The SMILES string of the molecule is CC(=O)OC[C@H]1O[C@H](c2ccc(NC(=O)OC(C)(C)C)cc2)CC[C@@H]1OC(C)=O. The van der Waals surface area contributed by atoms with E-state index >= 15 is 0 Å². The number of benzene rings is 1. The Hall–Kier alpha value is -2.61. The van der Waals surface area contributed by atoms with Gasteiger partial charge in [0.15, 0.2) is 0 Å². The van der Waals surface area contributed by atoms with E-state index in [-0.39, 0.29) is 12.7 Å². The molecule has 8 nitrogen and oxygen atoms in total. The van der Waals surface area contributed by atoms with E-state index in [4.69, 9.17) is 18.9 Å². The van der Waals surface area contributed by atoms with E-state index in [1.165, 1.54) is 13.8 Å². The van der Waals surface area contributed by atoms with Crippen LogP contribution in [0.3, 0.4) is 0 Å². The van der Waals surface area contributed by atoms with Gasteiger partial charge in [-0.1, -0.05) is 12.1 Å². The summed E-state index contributed by atoms with van der Waals surface area (Å²) in [5, 5.41) is 2.68. The van der Waals surface area contributed by atoms with Gasteiger partial charge >= 0.3 is 18.0 Å². The molecule has 1 aliphatic heterocycles. The van der Waals surface area contributed by atoms with Gasteiger partial charge < -0.3 is 18.9 Å². The summed E-state index contributed by atoms with van der Waals surface area (Å²) in [7, 11) is 0. The molecule has 1 fully saturated rings. The minimum atomic E-state index is -0.574. The van der Waals surface area contributed by atoms with Crippen LogP contribution in [0.25, 0.3) is 0 Å². The molecule has 29 heavy (non-hydrogen) atoms. The standard InChI is InChI=1S/C21H29NO7/c1-13(23)26-12-19-18(27-14(2)24)11-10-17(28-19)15-6-8-16(9-7-15)22-20(25)29-21(3,4)5/h6-9,17-19H,10-12H2,1-5H3,(H,22,25)/t17-,18-,19+/m0/s1. The minimum absolute atomic E-state index is 0.0159. The number of carbonyl (C=O) groups excluding carboxylic acids is 3. The van der Waals surface area contributed by atoms with Crippen LogP contribution in [0.5, 0.6) is 0 Å². The van der Waals surface area contributed by atoms with Crippen LogP contribution in [0.15, 0.2) is 24.3 Å². The van der Waals surface area contributed by atoms with Crippen molar-refractivity contribution in [2.45, 2.75) is 71.4 Å². The molecule has 1 aliphatic rings. The lowest BCUT2D eigenvalue weighted by atomic mass is 9.96. The van der Waals surface area contributed by atoms with E-state index in [1.54, 1.807) is 32.9 Å². The number of carbonyl (C=O) groups is 3. The van der Waals surface area contributed by atoms with Crippen molar-refractivity contribution in [1.29, 1.82) is 0 Å². The second kappa shape index (κ2) is 9.73. The number of hydrogen-bond acceptors (Lipinski definition) is 7. The van der Waals surface area contributed by atoms with Crippen LogP contribution in [0.1, 0.15) is 59.1 Å². The minimum Gasteiger partial charge on any atom is -0.463 e. The Balaban J connectivity index is 2.01. The second-order valence-electron chi connectivity index (χ2n) is 7.94. The molecule has 1 heterocycles. The summed E-state index contributed by atoms with van der Waals surface area (Å²) in [6.45, 7) is 8.06. The molecule has 0 bridgehead atoms. The molecule has 1 N–H and O–H groups in total. The highest BCUT2D eigenvalue weighted by atomic mass is 16.6. The molecule has 0 radical (unpaired) electrons. The van der Waals surface area contributed by atoms with Crippen LogP contribution in [-0.2, 0) is 28.5 Å². The molecule has 1 aromatic carbocycles. The van der Waals surface area contributed by atoms with E-state index in [2.05, 4.69) is 5.32 Å². The quantitative estimate of drug-likeness (QED) is 0.586. The third kappa shape index (κ3) is 7.73. The third-order valence-electron chi connectivity index (χ3n) is 4.16. The molecule has 0 saturated carbocycles. The molecule has 2 rings (SSSR count). The van der Waals surface area contributed by atoms with Crippen molar-refractivity contribution in [1.82, 2.24) is 0 Å². The number of ether oxygens (including phenoxy) is 4. The third-order valence-corrected chi connectivity index (χ3v) is 4.16. The van der Waals surface area contributed by atoms with E-state index in [0.29, 0.717) is 18.5 Å². The van der Waals surface area contributed by atoms with Crippen LogP contribution in [0.4, 0.5) is 10.5 Å². The molecule has 160 valence electrons. The van der Waals surface area contributed by atoms with Crippen molar-refractivity contribution < 1.29 is 33.3 Å². The highest BCUT2D eigenvalue weighted by Gasteiger charge is 2.35. The van der Waals surface area contributed by atoms with Crippen LogP contribution in [-0.4, -0.2) is 42.4 Å². The fourth-order valence-corrected chi connectivity index (χ4v) is 3.01. The molecule has 0 spiro atoms. The first-order valence-corrected chi connectivity index (χ1v) is 9.59. The molecular weight excluding hydrogens is 378 g/mol. The monoisotopic (exact) mass is 407 g/mol. The maximum atomic E-state index is 11.9. The van der Waals surface area contributed by atoms with Crippen molar-refractivity contribution >= 4 is 23.7 Å². The van der Waals surface area contributed by atoms with Gasteiger partial charge in [-0.3, -0.25) is 14.9 Å². The van der Waals surface area contributed by atoms with Gasteiger partial charge in [0.1, 0.15) is 24.4 Å². The van der Waals surface area contributed by atoms with Crippen molar-refractivity contribution in [2.24, 2.45) is 0 Å². The van der Waals surface area contributed by atoms with Crippen molar-refractivity contribution in [3.63, 3.8) is 0 Å². The number of rotatable bonds is 5. The number of hydrogen-bond donors (Lipinski definition) is 1. The molecule has 1 amide bonds. The Morgan fingerprint density at radius 3 is 2.28 bits per heavy atom. The highest BCUT2D eigenvalue weighted by Crippen LogP contribution is 2.33. The number of nitrogens with one attached hydrogen (secondary N) is 1. The van der Waals surface area contributed by atoms with Crippen LogP contribution < -0.4 is 5.32 Å². The molecule has 8 heteroatoms. The van der Waals surface area contributed by atoms with Crippen molar-refractivity contribution in [2.75, 3.05) is 11.9 Å². The van der Waals surface area contributed by atoms with Crippen molar-refractivity contribution in [3.8, 4) is 0 Å². The van der Waals surface area contributed by atoms with Gasteiger partial charge in [0.05, 0.1) is 6.10 Å². The average Bonchev–Trinajstić information content (AvgIpc) is 2.59. The Labute approximate surface area is 170 Å². The summed E-state index contributed by atoms with van der Waals surface area (Å²) in [4.78, 5) is 34.3. The zero-order chi connectivity index (χ0) is 21.6. The predicted molar refractivity (Wildman–Crippen MR) is 105 cm³/mol. The summed E-state index contributed by atoms with van der Waals surface area (Å²) in [6, 6.07) is 7.24. The van der Waals surface area contributed by atoms with Crippen LogP contribution >= 0.6 is 0 Å². The Morgan fingerprint density at radius 1 is 1.07 bits per heavy atom. The van der Waals surface area contributed by atoms with Gasteiger partial charge in [0, 0.05) is 19.5 Å². The number of anilines is 1. The van der Waals surface area contributed by atoms with Gasteiger partial charge in [0.2, 0.25) is 0 Å². The molecule has 1 aromatic rings. The topological polar surface area (TPSA) is 100 Å². The first-order chi connectivity index (χ1) is 13.5. The number of amides is 1. The first-order valence-electron chi connectivity index (χ1n) is 9.59. The Kier molecular flexibility index (Phi) is 7.61. The van der Waals surface area contributed by atoms with E-state index < -0.39 is 35.8 Å². The Morgan fingerprint density at radius 2 is 1.72 bits per heavy atom. The smallest absolute Gasteiger partial charge is 0.412 e. The Bertz CT molecular complexity index is 724. The fraction of sp³-hybridized carbons (Fsp3) is 0.571. The zero-order valence-corrected chi connectivity index (χ0v) is 17.5. The maximum absolute atomic E-state index is 11.9. The first kappa shape index (κ1) is 22.7. The summed E-state index contributed by atoms with van der Waals surface area (Å²) in [5.74, 6) is -0.822. The summed E-state index contributed by atoms with van der Waals surface area (Å²) < 4.78 is 21.7. The highest BCUT2D eigenvalue weighted by molar-refractivity contribution is 5.84. The van der Waals surface area contributed by atoms with Gasteiger partial charge in [-0.05, 0) is 51.3 Å². The molecule has 0 aromatic heterocycles. The molecule has 3 atom stereocenters. The molecular formula is C21H29NO7. The van der Waals surface area contributed by atoms with Crippen molar-refractivity contribution in [3.05, 3.63) is 29.8 Å². The van der Waals surface area contributed by atoms with E-state index in [0.717, 1.165) is 5.56 Å². The van der Waals surface area contributed by atoms with E-state index in [9.17, 15) is 14.4 Å². The lowest BCUT2D eigenvalue weighted by Gasteiger charge is -2.35.